The van der Waals surface area contributed by atoms with Crippen LogP contribution in [0.1, 0.15) is 19.0 Å². The van der Waals surface area contributed by atoms with Crippen molar-refractivity contribution in [1.29, 1.82) is 0 Å². The highest BCUT2D eigenvalue weighted by atomic mass is 16.3. The van der Waals surface area contributed by atoms with Crippen molar-refractivity contribution in [3.05, 3.63) is 30.5 Å². The second kappa shape index (κ2) is 4.79. The molecule has 4 heteroatoms. The maximum absolute atomic E-state index is 5.33. The second-order valence-electron chi connectivity index (χ2n) is 3.33. The van der Waals surface area contributed by atoms with E-state index in [9.17, 15) is 0 Å². The van der Waals surface area contributed by atoms with Crippen molar-refractivity contribution in [2.45, 2.75) is 19.9 Å². The molecular weight excluding hydrogens is 192 g/mol. The minimum Gasteiger partial charge on any atom is -0.472 e. The first-order valence-electron chi connectivity index (χ1n) is 5.08. The van der Waals surface area contributed by atoms with E-state index in [-0.39, 0.29) is 0 Å². The molecule has 1 N–H and O–H groups in total. The molecule has 2 aromatic rings. The largest absolute Gasteiger partial charge is 0.472 e. The molecule has 0 spiro atoms. The Morgan fingerprint density at radius 2 is 2.33 bits per heavy atom. The van der Waals surface area contributed by atoms with Gasteiger partial charge >= 0.3 is 0 Å². The molecule has 0 bridgehead atoms. The third-order valence-corrected chi connectivity index (χ3v) is 2.05. The minimum atomic E-state index is 0.608. The van der Waals surface area contributed by atoms with Crippen molar-refractivity contribution in [2.24, 2.45) is 0 Å². The van der Waals surface area contributed by atoms with Crippen LogP contribution in [0.15, 0.2) is 33.7 Å². The first-order chi connectivity index (χ1) is 7.40. The molecule has 0 amide bonds. The summed E-state index contributed by atoms with van der Waals surface area (Å²) in [5.41, 5.74) is 1.79. The zero-order chi connectivity index (χ0) is 10.5. The number of oxazole rings is 1. The molecule has 0 aliphatic carbocycles. The molecule has 2 aromatic heterocycles. The van der Waals surface area contributed by atoms with E-state index in [1.165, 1.54) is 0 Å². The van der Waals surface area contributed by atoms with Crippen molar-refractivity contribution in [1.82, 2.24) is 10.3 Å². The lowest BCUT2D eigenvalue weighted by Crippen LogP contribution is -2.13. The topological polar surface area (TPSA) is 51.2 Å². The fourth-order valence-corrected chi connectivity index (χ4v) is 1.30. The molecule has 4 nitrogen and oxygen atoms in total. The monoisotopic (exact) mass is 206 g/mol. The molecule has 0 fully saturated rings. The van der Waals surface area contributed by atoms with E-state index < -0.39 is 0 Å². The molecule has 2 heterocycles. The summed E-state index contributed by atoms with van der Waals surface area (Å²) in [5, 5.41) is 3.26. The standard InChI is InChI=1S/C11H14N2O2/c1-2-4-12-6-10-8-15-11(13-10)9-3-5-14-7-9/h3,5,7-8,12H,2,4,6H2,1H3. The van der Waals surface area contributed by atoms with Gasteiger partial charge in [-0.1, -0.05) is 6.92 Å². The predicted octanol–water partition coefficient (Wildman–Crippen LogP) is 2.43. The van der Waals surface area contributed by atoms with Gasteiger partial charge < -0.3 is 14.2 Å². The van der Waals surface area contributed by atoms with Crippen LogP contribution in [-0.2, 0) is 6.54 Å². The number of nitrogens with zero attached hydrogens (tertiary/aromatic N) is 1. The van der Waals surface area contributed by atoms with Crippen LogP contribution in [0.5, 0.6) is 0 Å². The van der Waals surface area contributed by atoms with Gasteiger partial charge in [0, 0.05) is 6.54 Å². The Kier molecular flexibility index (Phi) is 3.19. The van der Waals surface area contributed by atoms with E-state index in [2.05, 4.69) is 17.2 Å². The number of hydrogen-bond donors (Lipinski definition) is 1. The quantitative estimate of drug-likeness (QED) is 0.763. The fraction of sp³-hybridized carbons (Fsp3) is 0.364. The van der Waals surface area contributed by atoms with Gasteiger partial charge in [0.25, 0.3) is 0 Å². The molecule has 2 rings (SSSR count). The number of aromatic nitrogens is 1. The maximum Gasteiger partial charge on any atom is 0.229 e. The van der Waals surface area contributed by atoms with E-state index in [4.69, 9.17) is 8.83 Å². The average Bonchev–Trinajstić information content (AvgIpc) is 2.87. The predicted molar refractivity (Wildman–Crippen MR) is 56.2 cm³/mol. The zero-order valence-electron chi connectivity index (χ0n) is 8.69. The van der Waals surface area contributed by atoms with Crippen LogP contribution < -0.4 is 5.32 Å². The molecular formula is C11H14N2O2. The lowest BCUT2D eigenvalue weighted by Gasteiger charge is -1.96. The molecule has 15 heavy (non-hydrogen) atoms. The Morgan fingerprint density at radius 3 is 3.07 bits per heavy atom. The van der Waals surface area contributed by atoms with Crippen molar-refractivity contribution in [2.75, 3.05) is 6.54 Å². The van der Waals surface area contributed by atoms with Gasteiger partial charge in [-0.2, -0.15) is 0 Å². The van der Waals surface area contributed by atoms with Gasteiger partial charge in [-0.05, 0) is 19.0 Å². The first-order valence-corrected chi connectivity index (χ1v) is 5.08. The Morgan fingerprint density at radius 1 is 1.40 bits per heavy atom. The lowest BCUT2D eigenvalue weighted by atomic mass is 10.3. The molecule has 0 aromatic carbocycles. The lowest BCUT2D eigenvalue weighted by molar-refractivity contribution is 0.555. The van der Waals surface area contributed by atoms with E-state index >= 15 is 0 Å². The van der Waals surface area contributed by atoms with Crippen molar-refractivity contribution >= 4 is 0 Å². The molecule has 0 aliphatic heterocycles. The Labute approximate surface area is 88.3 Å². The average molecular weight is 206 g/mol. The zero-order valence-corrected chi connectivity index (χ0v) is 8.69. The van der Waals surface area contributed by atoms with Gasteiger partial charge in [0.2, 0.25) is 5.89 Å². The highest BCUT2D eigenvalue weighted by molar-refractivity contribution is 5.50. The van der Waals surface area contributed by atoms with Crippen LogP contribution in [0.2, 0.25) is 0 Å². The summed E-state index contributed by atoms with van der Waals surface area (Å²) in [4.78, 5) is 4.34. The fourth-order valence-electron chi connectivity index (χ4n) is 1.30. The third-order valence-electron chi connectivity index (χ3n) is 2.05. The van der Waals surface area contributed by atoms with Crippen LogP contribution in [0, 0.1) is 0 Å². The second-order valence-corrected chi connectivity index (χ2v) is 3.33. The number of hydrogen-bond acceptors (Lipinski definition) is 4. The van der Waals surface area contributed by atoms with E-state index in [0.29, 0.717) is 5.89 Å². The van der Waals surface area contributed by atoms with Gasteiger partial charge in [-0.3, -0.25) is 0 Å². The van der Waals surface area contributed by atoms with Crippen molar-refractivity contribution in [3.63, 3.8) is 0 Å². The van der Waals surface area contributed by atoms with Crippen LogP contribution in [-0.4, -0.2) is 11.5 Å². The summed E-state index contributed by atoms with van der Waals surface area (Å²) >= 11 is 0. The normalized spacial score (nSPS) is 10.7. The van der Waals surface area contributed by atoms with E-state index in [1.807, 2.05) is 6.07 Å². The van der Waals surface area contributed by atoms with Crippen LogP contribution in [0.4, 0.5) is 0 Å². The summed E-state index contributed by atoms with van der Waals surface area (Å²) in [5.74, 6) is 0.608. The Bertz CT molecular complexity index is 392. The van der Waals surface area contributed by atoms with E-state index in [1.54, 1.807) is 18.8 Å². The number of rotatable bonds is 5. The summed E-state index contributed by atoms with van der Waals surface area (Å²) in [6.45, 7) is 3.87. The third kappa shape index (κ3) is 2.47. The van der Waals surface area contributed by atoms with Gasteiger partial charge in [-0.25, -0.2) is 4.98 Å². The highest BCUT2D eigenvalue weighted by Gasteiger charge is 2.06. The molecule has 0 aliphatic rings. The van der Waals surface area contributed by atoms with Crippen LogP contribution in [0.25, 0.3) is 11.5 Å². The first kappa shape index (κ1) is 9.98. The summed E-state index contributed by atoms with van der Waals surface area (Å²) < 4.78 is 10.3. The Hall–Kier alpha value is -1.55. The molecule has 80 valence electrons. The van der Waals surface area contributed by atoms with Crippen molar-refractivity contribution < 1.29 is 8.83 Å². The number of furan rings is 1. The minimum absolute atomic E-state index is 0.608. The SMILES string of the molecule is CCCNCc1coc(-c2ccoc2)n1. The highest BCUT2D eigenvalue weighted by Crippen LogP contribution is 2.18. The smallest absolute Gasteiger partial charge is 0.229 e. The molecule has 0 unspecified atom stereocenters. The van der Waals surface area contributed by atoms with E-state index in [0.717, 1.165) is 30.8 Å². The van der Waals surface area contributed by atoms with Gasteiger partial charge in [0.15, 0.2) is 0 Å². The van der Waals surface area contributed by atoms with Crippen molar-refractivity contribution in [3.8, 4) is 11.5 Å². The molecule has 0 saturated heterocycles. The molecule has 0 saturated carbocycles. The number of nitrogens with one attached hydrogen (secondary N) is 1. The summed E-state index contributed by atoms with van der Waals surface area (Å²) in [7, 11) is 0. The molecule has 0 radical (unpaired) electrons. The van der Waals surface area contributed by atoms with Gasteiger partial charge in [0.05, 0.1) is 17.5 Å². The van der Waals surface area contributed by atoms with Crippen LogP contribution in [0.3, 0.4) is 0 Å². The van der Waals surface area contributed by atoms with Gasteiger partial charge in [-0.15, -0.1) is 0 Å². The summed E-state index contributed by atoms with van der Waals surface area (Å²) in [6.07, 6.45) is 6.01. The van der Waals surface area contributed by atoms with Crippen LogP contribution >= 0.6 is 0 Å². The van der Waals surface area contributed by atoms with Gasteiger partial charge in [0.1, 0.15) is 12.5 Å². The Balaban J connectivity index is 1.98. The molecule has 0 atom stereocenters. The summed E-state index contributed by atoms with van der Waals surface area (Å²) in [6, 6.07) is 1.83. The maximum atomic E-state index is 5.33.